The molecule has 94 valence electrons. The van der Waals surface area contributed by atoms with Crippen LogP contribution in [0.5, 0.6) is 0 Å². The number of unbranched alkanes of at least 4 members (excludes halogenated alkanes) is 2. The van der Waals surface area contributed by atoms with E-state index in [0.29, 0.717) is 0 Å². The quantitative estimate of drug-likeness (QED) is 0.334. The van der Waals surface area contributed by atoms with Gasteiger partial charge < -0.3 is 4.74 Å². The van der Waals surface area contributed by atoms with Crippen LogP contribution in [-0.4, -0.2) is 12.1 Å². The molecule has 0 fully saturated rings. The van der Waals surface area contributed by atoms with Crippen molar-refractivity contribution in [1.29, 1.82) is 0 Å². The second-order valence-corrected chi connectivity index (χ2v) is 4.18. The Balaban J connectivity index is 3.59. The normalized spacial score (nSPS) is 12.9. The number of ether oxygens (including phenoxy) is 1. The smallest absolute Gasteiger partial charge is 0.302 e. The summed E-state index contributed by atoms with van der Waals surface area (Å²) in [6.45, 7) is 5.77. The van der Waals surface area contributed by atoms with E-state index >= 15 is 0 Å². The van der Waals surface area contributed by atoms with Gasteiger partial charge in [-0.05, 0) is 38.5 Å². The molecule has 0 aromatic carbocycles. The van der Waals surface area contributed by atoms with E-state index in [2.05, 4.69) is 26.0 Å². The molecule has 2 heteroatoms. The molecule has 0 saturated carbocycles. The summed E-state index contributed by atoms with van der Waals surface area (Å²) in [6.07, 6.45) is 12.3. The molecule has 0 spiro atoms. The lowest BCUT2D eigenvalue weighted by atomic mass is 10.1. The molecule has 0 radical (unpaired) electrons. The van der Waals surface area contributed by atoms with E-state index in [1.807, 2.05) is 0 Å². The number of carbonyl (C=O) groups excluding carboxylic acids is 1. The van der Waals surface area contributed by atoms with Gasteiger partial charge in [0, 0.05) is 6.92 Å². The number of hydrogen-bond donors (Lipinski definition) is 0. The first-order chi connectivity index (χ1) is 7.70. The molecule has 0 heterocycles. The molecule has 0 aliphatic rings. The van der Waals surface area contributed by atoms with Crippen LogP contribution >= 0.6 is 0 Å². The Kier molecular flexibility index (Phi) is 10.2. The van der Waals surface area contributed by atoms with Gasteiger partial charge in [-0.2, -0.15) is 0 Å². The second-order valence-electron chi connectivity index (χ2n) is 4.18. The summed E-state index contributed by atoms with van der Waals surface area (Å²) in [7, 11) is 0. The van der Waals surface area contributed by atoms with E-state index in [-0.39, 0.29) is 12.1 Å². The van der Waals surface area contributed by atoms with Crippen LogP contribution in [-0.2, 0) is 9.53 Å². The van der Waals surface area contributed by atoms with Gasteiger partial charge in [0.1, 0.15) is 6.10 Å². The van der Waals surface area contributed by atoms with Gasteiger partial charge in [-0.3, -0.25) is 4.79 Å². The van der Waals surface area contributed by atoms with Crippen LogP contribution in [0.25, 0.3) is 0 Å². The molecule has 16 heavy (non-hydrogen) atoms. The van der Waals surface area contributed by atoms with Crippen LogP contribution in [0.4, 0.5) is 0 Å². The second kappa shape index (κ2) is 10.7. The van der Waals surface area contributed by atoms with Gasteiger partial charge in [0.25, 0.3) is 0 Å². The van der Waals surface area contributed by atoms with Crippen LogP contribution in [0, 0.1) is 0 Å². The lowest BCUT2D eigenvalue weighted by Gasteiger charge is -2.15. The van der Waals surface area contributed by atoms with Gasteiger partial charge in [-0.25, -0.2) is 0 Å². The van der Waals surface area contributed by atoms with Crippen LogP contribution in [0.1, 0.15) is 65.7 Å². The highest BCUT2D eigenvalue weighted by atomic mass is 16.5. The lowest BCUT2D eigenvalue weighted by molar-refractivity contribution is -0.147. The van der Waals surface area contributed by atoms with E-state index < -0.39 is 0 Å². The zero-order valence-corrected chi connectivity index (χ0v) is 11.0. The van der Waals surface area contributed by atoms with Crippen LogP contribution in [0.3, 0.4) is 0 Å². The highest BCUT2D eigenvalue weighted by molar-refractivity contribution is 5.66. The number of allylic oxidation sites excluding steroid dienone is 2. The topological polar surface area (TPSA) is 26.3 Å². The van der Waals surface area contributed by atoms with Gasteiger partial charge >= 0.3 is 5.97 Å². The molecule has 2 nitrogen and oxygen atoms in total. The molecule has 0 aromatic heterocycles. The fraction of sp³-hybridized carbons (Fsp3) is 0.786. The third-order valence-electron chi connectivity index (χ3n) is 2.49. The van der Waals surface area contributed by atoms with Crippen LogP contribution in [0.2, 0.25) is 0 Å². The average Bonchev–Trinajstić information content (AvgIpc) is 2.22. The fourth-order valence-electron chi connectivity index (χ4n) is 1.74. The Morgan fingerprint density at radius 1 is 1.19 bits per heavy atom. The summed E-state index contributed by atoms with van der Waals surface area (Å²) in [5.74, 6) is -0.149. The minimum Gasteiger partial charge on any atom is -0.463 e. The van der Waals surface area contributed by atoms with Crippen molar-refractivity contribution in [3.8, 4) is 0 Å². The average molecular weight is 226 g/mol. The number of carbonyl (C=O) groups is 1. The van der Waals surface area contributed by atoms with E-state index in [9.17, 15) is 4.79 Å². The largest absolute Gasteiger partial charge is 0.463 e. The highest BCUT2D eigenvalue weighted by Gasteiger charge is 2.09. The summed E-state index contributed by atoms with van der Waals surface area (Å²) in [5, 5.41) is 0. The molecular weight excluding hydrogens is 200 g/mol. The first-order valence-electron chi connectivity index (χ1n) is 6.52. The summed E-state index contributed by atoms with van der Waals surface area (Å²) < 4.78 is 5.26. The van der Waals surface area contributed by atoms with Gasteiger partial charge in [0.2, 0.25) is 0 Å². The molecule has 0 aliphatic heterocycles. The zero-order valence-electron chi connectivity index (χ0n) is 11.0. The van der Waals surface area contributed by atoms with Gasteiger partial charge in [0.05, 0.1) is 0 Å². The van der Waals surface area contributed by atoms with Crippen molar-refractivity contribution >= 4 is 5.97 Å². The summed E-state index contributed by atoms with van der Waals surface area (Å²) in [4.78, 5) is 10.9. The number of hydrogen-bond acceptors (Lipinski definition) is 2. The van der Waals surface area contributed by atoms with Crippen molar-refractivity contribution in [2.45, 2.75) is 71.8 Å². The third-order valence-corrected chi connectivity index (χ3v) is 2.49. The maximum atomic E-state index is 10.9. The van der Waals surface area contributed by atoms with Gasteiger partial charge in [-0.1, -0.05) is 32.4 Å². The zero-order chi connectivity index (χ0) is 12.2. The fourth-order valence-corrected chi connectivity index (χ4v) is 1.74. The SMILES string of the molecule is CCC=CCCCCC(CCC)OC(C)=O. The van der Waals surface area contributed by atoms with Crippen LogP contribution in [0.15, 0.2) is 12.2 Å². The molecule has 1 unspecified atom stereocenters. The minimum absolute atomic E-state index is 0.137. The van der Waals surface area contributed by atoms with Crippen molar-refractivity contribution in [1.82, 2.24) is 0 Å². The molecule has 0 amide bonds. The number of rotatable bonds is 9. The molecule has 0 rings (SSSR count). The molecule has 0 N–H and O–H groups in total. The molecular formula is C14H26O2. The van der Waals surface area contributed by atoms with E-state index in [4.69, 9.17) is 4.74 Å². The van der Waals surface area contributed by atoms with Gasteiger partial charge in [0.15, 0.2) is 0 Å². The van der Waals surface area contributed by atoms with Gasteiger partial charge in [-0.15, -0.1) is 0 Å². The van der Waals surface area contributed by atoms with Crippen molar-refractivity contribution in [3.05, 3.63) is 12.2 Å². The number of esters is 1. The summed E-state index contributed by atoms with van der Waals surface area (Å²) >= 11 is 0. The molecule has 0 bridgehead atoms. The Bertz CT molecular complexity index is 197. The maximum absolute atomic E-state index is 10.9. The predicted octanol–water partition coefficient (Wildman–Crippen LogP) is 4.24. The minimum atomic E-state index is -0.149. The van der Waals surface area contributed by atoms with E-state index in [0.717, 1.165) is 38.5 Å². The monoisotopic (exact) mass is 226 g/mol. The first-order valence-corrected chi connectivity index (χ1v) is 6.52. The van der Waals surface area contributed by atoms with Crippen molar-refractivity contribution < 1.29 is 9.53 Å². The first kappa shape index (κ1) is 15.2. The predicted molar refractivity (Wildman–Crippen MR) is 68.4 cm³/mol. The highest BCUT2D eigenvalue weighted by Crippen LogP contribution is 2.12. The Labute approximate surface area is 100 Å². The summed E-state index contributed by atoms with van der Waals surface area (Å²) in [5.41, 5.74) is 0. The lowest BCUT2D eigenvalue weighted by Crippen LogP contribution is -2.15. The third kappa shape index (κ3) is 9.75. The van der Waals surface area contributed by atoms with Crippen molar-refractivity contribution in [3.63, 3.8) is 0 Å². The van der Waals surface area contributed by atoms with Crippen molar-refractivity contribution in [2.24, 2.45) is 0 Å². The molecule has 0 saturated heterocycles. The molecule has 0 aliphatic carbocycles. The Morgan fingerprint density at radius 2 is 1.94 bits per heavy atom. The Hall–Kier alpha value is -0.790. The molecule has 0 aromatic rings. The van der Waals surface area contributed by atoms with E-state index in [1.165, 1.54) is 13.3 Å². The van der Waals surface area contributed by atoms with E-state index in [1.54, 1.807) is 0 Å². The maximum Gasteiger partial charge on any atom is 0.302 e. The Morgan fingerprint density at radius 3 is 2.50 bits per heavy atom. The molecule has 1 atom stereocenters. The summed E-state index contributed by atoms with van der Waals surface area (Å²) in [6, 6.07) is 0. The van der Waals surface area contributed by atoms with Crippen LogP contribution < -0.4 is 0 Å². The standard InChI is InChI=1S/C14H26O2/c1-4-6-7-8-9-10-12-14(11-5-2)16-13(3)15/h6-7,14H,4-5,8-12H2,1-3H3. The van der Waals surface area contributed by atoms with Crippen molar-refractivity contribution in [2.75, 3.05) is 0 Å².